The molecule has 2 N–H and O–H groups in total. The van der Waals surface area contributed by atoms with Crippen molar-refractivity contribution < 1.29 is 4.92 Å². The SMILES string of the molecule is Cl.NCc1cc([N+](=O)[O-])ccc1Br. The van der Waals surface area contributed by atoms with Crippen LogP contribution in [0.1, 0.15) is 5.56 Å². The molecule has 0 aromatic heterocycles. The zero-order valence-electron chi connectivity index (χ0n) is 6.57. The second kappa shape index (κ2) is 5.16. The van der Waals surface area contributed by atoms with E-state index in [1.165, 1.54) is 12.1 Å². The van der Waals surface area contributed by atoms with E-state index in [-0.39, 0.29) is 18.1 Å². The molecule has 0 aliphatic heterocycles. The average Bonchev–Trinajstić information content (AvgIpc) is 2.05. The Balaban J connectivity index is 0.00000144. The minimum absolute atomic E-state index is 0. The summed E-state index contributed by atoms with van der Waals surface area (Å²) in [5.74, 6) is 0. The van der Waals surface area contributed by atoms with Crippen molar-refractivity contribution in [1.29, 1.82) is 0 Å². The lowest BCUT2D eigenvalue weighted by molar-refractivity contribution is -0.384. The summed E-state index contributed by atoms with van der Waals surface area (Å²) in [6, 6.07) is 4.52. The van der Waals surface area contributed by atoms with Crippen LogP contribution in [0, 0.1) is 10.1 Å². The van der Waals surface area contributed by atoms with Crippen LogP contribution < -0.4 is 5.73 Å². The number of hydrogen-bond acceptors (Lipinski definition) is 3. The number of benzene rings is 1. The molecule has 0 spiro atoms. The minimum atomic E-state index is -0.439. The molecule has 0 atom stereocenters. The van der Waals surface area contributed by atoms with E-state index in [1.807, 2.05) is 0 Å². The molecule has 0 radical (unpaired) electrons. The number of nitro benzene ring substituents is 1. The van der Waals surface area contributed by atoms with Gasteiger partial charge in [0.15, 0.2) is 0 Å². The summed E-state index contributed by atoms with van der Waals surface area (Å²) in [7, 11) is 0. The van der Waals surface area contributed by atoms with Crippen LogP contribution >= 0.6 is 28.3 Å². The number of nitro groups is 1. The molecule has 6 heteroatoms. The van der Waals surface area contributed by atoms with Gasteiger partial charge in [-0.05, 0) is 11.6 Å². The Bertz CT molecular complexity index is 319. The molecule has 13 heavy (non-hydrogen) atoms. The number of nitrogens with two attached hydrogens (primary N) is 1. The molecule has 0 amide bonds. The molecule has 1 rings (SSSR count). The van der Waals surface area contributed by atoms with Crippen LogP contribution in [0.15, 0.2) is 22.7 Å². The molecule has 0 saturated carbocycles. The zero-order chi connectivity index (χ0) is 9.14. The van der Waals surface area contributed by atoms with Gasteiger partial charge in [-0.1, -0.05) is 15.9 Å². The van der Waals surface area contributed by atoms with E-state index in [1.54, 1.807) is 6.07 Å². The predicted octanol–water partition coefficient (Wildman–Crippen LogP) is 2.24. The van der Waals surface area contributed by atoms with Crippen LogP contribution in [-0.2, 0) is 6.54 Å². The van der Waals surface area contributed by atoms with Crippen LogP contribution in [0.2, 0.25) is 0 Å². The summed E-state index contributed by atoms with van der Waals surface area (Å²) in [6.45, 7) is 0.294. The quantitative estimate of drug-likeness (QED) is 0.660. The Kier molecular flexibility index (Phi) is 4.90. The van der Waals surface area contributed by atoms with Crippen molar-refractivity contribution >= 4 is 34.0 Å². The first-order valence-corrected chi connectivity index (χ1v) is 4.07. The Hall–Kier alpha value is -0.650. The highest BCUT2D eigenvalue weighted by Gasteiger charge is 2.07. The van der Waals surface area contributed by atoms with Crippen molar-refractivity contribution in [2.45, 2.75) is 6.54 Å². The van der Waals surface area contributed by atoms with E-state index in [0.717, 1.165) is 10.0 Å². The first-order chi connectivity index (χ1) is 5.65. The van der Waals surface area contributed by atoms with Crippen molar-refractivity contribution in [2.24, 2.45) is 5.73 Å². The Morgan fingerprint density at radius 3 is 2.62 bits per heavy atom. The zero-order valence-corrected chi connectivity index (χ0v) is 8.97. The van der Waals surface area contributed by atoms with Crippen molar-refractivity contribution in [1.82, 2.24) is 0 Å². The summed E-state index contributed by atoms with van der Waals surface area (Å²) in [6.07, 6.45) is 0. The maximum absolute atomic E-state index is 10.3. The summed E-state index contributed by atoms with van der Waals surface area (Å²) >= 11 is 3.24. The van der Waals surface area contributed by atoms with Crippen molar-refractivity contribution in [2.75, 3.05) is 0 Å². The van der Waals surface area contributed by atoms with Gasteiger partial charge in [-0.3, -0.25) is 10.1 Å². The summed E-state index contributed by atoms with van der Waals surface area (Å²) in [4.78, 5) is 9.89. The summed E-state index contributed by atoms with van der Waals surface area (Å²) in [5.41, 5.74) is 6.18. The molecule has 4 nitrogen and oxygen atoms in total. The third-order valence-electron chi connectivity index (χ3n) is 1.46. The van der Waals surface area contributed by atoms with E-state index in [2.05, 4.69) is 15.9 Å². The maximum Gasteiger partial charge on any atom is 0.269 e. The van der Waals surface area contributed by atoms with Crippen LogP contribution in [0.5, 0.6) is 0 Å². The van der Waals surface area contributed by atoms with Crippen molar-refractivity contribution in [3.63, 3.8) is 0 Å². The molecule has 0 heterocycles. The lowest BCUT2D eigenvalue weighted by Crippen LogP contribution is -1.98. The van der Waals surface area contributed by atoms with E-state index in [4.69, 9.17) is 5.73 Å². The number of rotatable bonds is 2. The Labute approximate surface area is 89.8 Å². The fourth-order valence-electron chi connectivity index (χ4n) is 0.831. The normalized spacial score (nSPS) is 9.08. The van der Waals surface area contributed by atoms with Gasteiger partial charge in [0.25, 0.3) is 5.69 Å². The first kappa shape index (κ1) is 12.3. The topological polar surface area (TPSA) is 69.2 Å². The number of halogens is 2. The van der Waals surface area contributed by atoms with Crippen LogP contribution in [0.4, 0.5) is 5.69 Å². The minimum Gasteiger partial charge on any atom is -0.326 e. The van der Waals surface area contributed by atoms with Crippen LogP contribution in [-0.4, -0.2) is 4.92 Å². The van der Waals surface area contributed by atoms with Crippen molar-refractivity contribution in [3.05, 3.63) is 38.3 Å². The van der Waals surface area contributed by atoms with Gasteiger partial charge in [-0.25, -0.2) is 0 Å². The fourth-order valence-corrected chi connectivity index (χ4v) is 1.24. The number of nitrogens with zero attached hydrogens (tertiary/aromatic N) is 1. The molecular formula is C7H8BrClN2O2. The van der Waals surface area contributed by atoms with Crippen LogP contribution in [0.25, 0.3) is 0 Å². The molecule has 1 aromatic rings. The molecule has 72 valence electrons. The summed E-state index contributed by atoms with van der Waals surface area (Å²) < 4.78 is 0.801. The van der Waals surface area contributed by atoms with Gasteiger partial charge in [0, 0.05) is 23.2 Å². The van der Waals surface area contributed by atoms with Gasteiger partial charge in [0.05, 0.1) is 4.92 Å². The summed E-state index contributed by atoms with van der Waals surface area (Å²) in [5, 5.41) is 10.3. The number of hydrogen-bond donors (Lipinski definition) is 1. The van der Waals surface area contributed by atoms with E-state index >= 15 is 0 Å². The third kappa shape index (κ3) is 2.95. The molecule has 0 saturated heterocycles. The lowest BCUT2D eigenvalue weighted by Gasteiger charge is -1.99. The van der Waals surface area contributed by atoms with E-state index in [0.29, 0.717) is 6.54 Å². The smallest absolute Gasteiger partial charge is 0.269 e. The molecule has 0 bridgehead atoms. The Morgan fingerprint density at radius 2 is 2.15 bits per heavy atom. The molecule has 0 aliphatic carbocycles. The monoisotopic (exact) mass is 266 g/mol. The Morgan fingerprint density at radius 1 is 1.54 bits per heavy atom. The highest BCUT2D eigenvalue weighted by Crippen LogP contribution is 2.21. The number of non-ortho nitro benzene ring substituents is 1. The van der Waals surface area contributed by atoms with Crippen LogP contribution in [0.3, 0.4) is 0 Å². The van der Waals surface area contributed by atoms with Gasteiger partial charge in [0.2, 0.25) is 0 Å². The largest absolute Gasteiger partial charge is 0.326 e. The second-order valence-corrected chi connectivity index (χ2v) is 3.09. The highest BCUT2D eigenvalue weighted by molar-refractivity contribution is 9.10. The standard InChI is InChI=1S/C7H7BrN2O2.ClH/c8-7-2-1-6(10(11)12)3-5(7)4-9;/h1-3H,4,9H2;1H. The predicted molar refractivity (Wildman–Crippen MR) is 55.9 cm³/mol. The van der Waals surface area contributed by atoms with Gasteiger partial charge in [-0.2, -0.15) is 0 Å². The van der Waals surface area contributed by atoms with E-state index < -0.39 is 4.92 Å². The van der Waals surface area contributed by atoms with E-state index in [9.17, 15) is 10.1 Å². The average molecular weight is 268 g/mol. The maximum atomic E-state index is 10.3. The first-order valence-electron chi connectivity index (χ1n) is 3.28. The molecule has 1 aromatic carbocycles. The molecule has 0 aliphatic rings. The molecular weight excluding hydrogens is 259 g/mol. The fraction of sp³-hybridized carbons (Fsp3) is 0.143. The van der Waals surface area contributed by atoms with Gasteiger partial charge < -0.3 is 5.73 Å². The van der Waals surface area contributed by atoms with Gasteiger partial charge in [-0.15, -0.1) is 12.4 Å². The second-order valence-electron chi connectivity index (χ2n) is 2.24. The molecule has 0 fully saturated rings. The lowest BCUT2D eigenvalue weighted by atomic mass is 10.2. The third-order valence-corrected chi connectivity index (χ3v) is 2.23. The van der Waals surface area contributed by atoms with Crippen molar-refractivity contribution in [3.8, 4) is 0 Å². The van der Waals surface area contributed by atoms with Gasteiger partial charge in [0.1, 0.15) is 0 Å². The highest BCUT2D eigenvalue weighted by atomic mass is 79.9. The molecule has 0 unspecified atom stereocenters. The van der Waals surface area contributed by atoms with Gasteiger partial charge >= 0.3 is 0 Å².